The molecule has 0 aliphatic carbocycles. The van der Waals surface area contributed by atoms with E-state index in [1.54, 1.807) is 11.6 Å². The van der Waals surface area contributed by atoms with E-state index in [9.17, 15) is 14.4 Å². The van der Waals surface area contributed by atoms with Crippen LogP contribution < -0.4 is 16.2 Å². The zero-order chi connectivity index (χ0) is 20.5. The maximum absolute atomic E-state index is 12.6. The number of carbonyl (C=O) groups excluding carboxylic acids is 2. The predicted molar refractivity (Wildman–Crippen MR) is 115 cm³/mol. The number of thiazole rings is 2. The van der Waals surface area contributed by atoms with Gasteiger partial charge in [-0.3, -0.25) is 24.1 Å². The first-order valence-electron chi connectivity index (χ1n) is 8.49. The molecule has 0 saturated carbocycles. The first-order chi connectivity index (χ1) is 13.9. The van der Waals surface area contributed by atoms with Gasteiger partial charge < -0.3 is 5.32 Å². The summed E-state index contributed by atoms with van der Waals surface area (Å²) in [5.74, 6) is -0.623. The number of aryl methyl sites for hydroxylation is 1. The minimum absolute atomic E-state index is 0.0379. The molecular weight excluding hydrogens is 430 g/mol. The van der Waals surface area contributed by atoms with Gasteiger partial charge in [-0.25, -0.2) is 9.97 Å². The Bertz CT molecular complexity index is 1280. The van der Waals surface area contributed by atoms with Gasteiger partial charge >= 0.3 is 0 Å². The third kappa shape index (κ3) is 3.97. The number of thiophene rings is 1. The molecule has 2 amide bonds. The summed E-state index contributed by atoms with van der Waals surface area (Å²) in [7, 11) is 0. The molecule has 4 heterocycles. The Hall–Kier alpha value is -2.89. The van der Waals surface area contributed by atoms with E-state index in [-0.39, 0.29) is 11.5 Å². The highest BCUT2D eigenvalue weighted by molar-refractivity contribution is 7.18. The highest BCUT2D eigenvalue weighted by atomic mass is 32.1. The zero-order valence-electron chi connectivity index (χ0n) is 15.4. The normalized spacial score (nSPS) is 11.0. The van der Waals surface area contributed by atoms with Gasteiger partial charge in [-0.1, -0.05) is 0 Å². The van der Waals surface area contributed by atoms with E-state index in [0.29, 0.717) is 16.6 Å². The van der Waals surface area contributed by atoms with Gasteiger partial charge in [0.15, 0.2) is 10.1 Å². The molecule has 0 radical (unpaired) electrons. The number of hydrogen-bond acceptors (Lipinski definition) is 8. The maximum Gasteiger partial charge on any atom is 0.271 e. The van der Waals surface area contributed by atoms with Crippen molar-refractivity contribution in [3.05, 3.63) is 55.6 Å². The number of hydrogen-bond donors (Lipinski definition) is 2. The van der Waals surface area contributed by atoms with E-state index >= 15 is 0 Å². The van der Waals surface area contributed by atoms with Gasteiger partial charge in [0.25, 0.3) is 11.5 Å². The van der Waals surface area contributed by atoms with E-state index in [1.165, 1.54) is 51.5 Å². The molecule has 0 bridgehead atoms. The van der Waals surface area contributed by atoms with E-state index in [2.05, 4.69) is 20.6 Å². The Morgan fingerprint density at radius 3 is 2.86 bits per heavy atom. The third-order valence-electron chi connectivity index (χ3n) is 4.01. The lowest BCUT2D eigenvalue weighted by Crippen LogP contribution is -2.25. The largest absolute Gasteiger partial charge is 0.351 e. The standard InChI is InChI=1S/C18H15N5O3S3/c1-9-14(13-4-3-11(29-13)7-19-10(2)24)21-17(28-9)22-15(25)12-8-20-18-23(16(12)26)5-6-27-18/h3-6,8H,7H2,1-2H3,(H,19,24)(H,21,22,25). The molecule has 148 valence electrons. The van der Waals surface area contributed by atoms with Crippen LogP contribution in [0.25, 0.3) is 15.5 Å². The number of carbonyl (C=O) groups is 2. The Morgan fingerprint density at radius 1 is 1.24 bits per heavy atom. The molecule has 0 unspecified atom stereocenters. The minimum atomic E-state index is -0.541. The number of amides is 2. The van der Waals surface area contributed by atoms with Gasteiger partial charge in [0.1, 0.15) is 5.56 Å². The number of nitrogens with zero attached hydrogens (tertiary/aromatic N) is 3. The van der Waals surface area contributed by atoms with E-state index in [4.69, 9.17) is 0 Å². The first-order valence-corrected chi connectivity index (χ1v) is 11.0. The molecule has 0 aromatic carbocycles. The second-order valence-electron chi connectivity index (χ2n) is 6.09. The predicted octanol–water partition coefficient (Wildman–Crippen LogP) is 3.14. The van der Waals surface area contributed by atoms with Gasteiger partial charge in [-0.15, -0.1) is 34.0 Å². The highest BCUT2D eigenvalue weighted by Gasteiger charge is 2.18. The lowest BCUT2D eigenvalue weighted by atomic mass is 10.3. The van der Waals surface area contributed by atoms with Crippen LogP contribution in [0.15, 0.2) is 34.7 Å². The van der Waals surface area contributed by atoms with Crippen LogP contribution in [-0.2, 0) is 11.3 Å². The summed E-state index contributed by atoms with van der Waals surface area (Å²) in [6, 6.07) is 3.88. The van der Waals surface area contributed by atoms with E-state index in [1.807, 2.05) is 19.1 Å². The fourth-order valence-corrected chi connectivity index (χ4v) is 5.19. The molecule has 4 aromatic rings. The Morgan fingerprint density at radius 2 is 2.07 bits per heavy atom. The topological polar surface area (TPSA) is 105 Å². The van der Waals surface area contributed by atoms with Crippen molar-refractivity contribution in [1.29, 1.82) is 0 Å². The van der Waals surface area contributed by atoms with Crippen LogP contribution >= 0.6 is 34.0 Å². The van der Waals surface area contributed by atoms with Crippen molar-refractivity contribution in [3.63, 3.8) is 0 Å². The van der Waals surface area contributed by atoms with Crippen molar-refractivity contribution < 1.29 is 9.59 Å². The SMILES string of the molecule is CC(=O)NCc1ccc(-c2nc(NC(=O)c3cnc4sccn4c3=O)sc2C)s1. The van der Waals surface area contributed by atoms with Crippen LogP contribution in [0, 0.1) is 6.92 Å². The maximum atomic E-state index is 12.6. The van der Waals surface area contributed by atoms with Gasteiger partial charge in [0, 0.05) is 34.5 Å². The Kier molecular flexibility index (Phi) is 5.26. The van der Waals surface area contributed by atoms with Crippen LogP contribution in [0.3, 0.4) is 0 Å². The quantitative estimate of drug-likeness (QED) is 0.491. The second kappa shape index (κ2) is 7.85. The minimum Gasteiger partial charge on any atom is -0.351 e. The number of anilines is 1. The number of aromatic nitrogens is 3. The Balaban J connectivity index is 1.54. The van der Waals surface area contributed by atoms with Crippen LogP contribution in [0.4, 0.5) is 5.13 Å². The van der Waals surface area contributed by atoms with E-state index < -0.39 is 11.5 Å². The number of nitrogens with one attached hydrogen (secondary N) is 2. The molecule has 4 rings (SSSR count). The molecule has 11 heteroatoms. The van der Waals surface area contributed by atoms with Crippen LogP contribution in [-0.4, -0.2) is 26.2 Å². The molecule has 0 fully saturated rings. The van der Waals surface area contributed by atoms with Gasteiger partial charge in [-0.2, -0.15) is 0 Å². The van der Waals surface area contributed by atoms with Crippen molar-refractivity contribution >= 4 is 55.9 Å². The van der Waals surface area contributed by atoms with Crippen LogP contribution in [0.1, 0.15) is 27.0 Å². The first kappa shape index (κ1) is 19.4. The molecule has 0 atom stereocenters. The van der Waals surface area contributed by atoms with Gasteiger partial charge in [0.05, 0.1) is 17.1 Å². The van der Waals surface area contributed by atoms with Crippen LogP contribution in [0.2, 0.25) is 0 Å². The fourth-order valence-electron chi connectivity index (χ4n) is 2.64. The molecular formula is C18H15N5O3S3. The van der Waals surface area contributed by atoms with Crippen molar-refractivity contribution in [2.24, 2.45) is 0 Å². The molecule has 0 spiro atoms. The molecule has 0 saturated heterocycles. The second-order valence-corrected chi connectivity index (χ2v) is 9.33. The smallest absolute Gasteiger partial charge is 0.271 e. The summed E-state index contributed by atoms with van der Waals surface area (Å²) < 4.78 is 1.35. The Labute approximate surface area is 176 Å². The summed E-state index contributed by atoms with van der Waals surface area (Å²) in [6.07, 6.45) is 2.88. The summed E-state index contributed by atoms with van der Waals surface area (Å²) in [4.78, 5) is 48.2. The molecule has 0 aliphatic rings. The van der Waals surface area contributed by atoms with Crippen LogP contribution in [0.5, 0.6) is 0 Å². The summed E-state index contributed by atoms with van der Waals surface area (Å²) in [5.41, 5.74) is 0.319. The van der Waals surface area contributed by atoms with E-state index in [0.717, 1.165) is 20.3 Å². The number of fused-ring (bicyclic) bond motifs is 1. The molecule has 2 N–H and O–H groups in total. The fraction of sp³-hybridized carbons (Fsp3) is 0.167. The van der Waals surface area contributed by atoms with Crippen molar-refractivity contribution in [2.45, 2.75) is 20.4 Å². The summed E-state index contributed by atoms with van der Waals surface area (Å²) in [5, 5.41) is 7.62. The molecule has 0 aliphatic heterocycles. The number of rotatable bonds is 5. The van der Waals surface area contributed by atoms with Crippen molar-refractivity contribution in [3.8, 4) is 10.6 Å². The highest BCUT2D eigenvalue weighted by Crippen LogP contribution is 2.34. The third-order valence-corrected chi connectivity index (χ3v) is 6.76. The monoisotopic (exact) mass is 445 g/mol. The van der Waals surface area contributed by atoms with Gasteiger partial charge in [-0.05, 0) is 19.1 Å². The average Bonchev–Trinajstić information content (AvgIpc) is 3.39. The van der Waals surface area contributed by atoms with Crippen molar-refractivity contribution in [2.75, 3.05) is 5.32 Å². The average molecular weight is 446 g/mol. The lowest BCUT2D eigenvalue weighted by molar-refractivity contribution is -0.119. The molecule has 4 aromatic heterocycles. The molecule has 29 heavy (non-hydrogen) atoms. The zero-order valence-corrected chi connectivity index (χ0v) is 17.8. The summed E-state index contributed by atoms with van der Waals surface area (Å²) in [6.45, 7) is 3.87. The van der Waals surface area contributed by atoms with Crippen molar-refractivity contribution in [1.82, 2.24) is 19.7 Å². The van der Waals surface area contributed by atoms with Gasteiger partial charge in [0.2, 0.25) is 5.91 Å². The molecule has 8 nitrogen and oxygen atoms in total. The lowest BCUT2D eigenvalue weighted by Gasteiger charge is -2.01. The summed E-state index contributed by atoms with van der Waals surface area (Å²) >= 11 is 4.19.